The average Bonchev–Trinajstić information content (AvgIpc) is 3.35. The Morgan fingerprint density at radius 2 is 1.96 bits per heavy atom. The van der Waals surface area contributed by atoms with Crippen molar-refractivity contribution in [2.45, 2.75) is 17.9 Å². The molecule has 0 spiro atoms. The quantitative estimate of drug-likeness (QED) is 0.690. The fraction of sp³-hybridized carbons (Fsp3) is 0.467. The van der Waals surface area contributed by atoms with Crippen molar-refractivity contribution in [2.75, 3.05) is 31.3 Å². The number of hydrogen-bond donors (Lipinski definition) is 0. The fourth-order valence-electron chi connectivity index (χ4n) is 2.90. The normalized spacial score (nSPS) is 21.4. The van der Waals surface area contributed by atoms with Gasteiger partial charge in [-0.05, 0) is 6.07 Å². The molecule has 0 unspecified atom stereocenters. The van der Waals surface area contributed by atoms with E-state index in [9.17, 15) is 26.7 Å². The minimum absolute atomic E-state index is 0.0284. The molecule has 1 aromatic heterocycles. The van der Waals surface area contributed by atoms with Gasteiger partial charge in [-0.1, -0.05) is 16.9 Å². The maximum absolute atomic E-state index is 14.4. The maximum Gasteiger partial charge on any atom is 0.522 e. The zero-order valence-electron chi connectivity index (χ0n) is 13.8. The van der Waals surface area contributed by atoms with E-state index in [1.165, 1.54) is 6.07 Å². The van der Waals surface area contributed by atoms with Crippen molar-refractivity contribution in [3.8, 4) is 0 Å². The monoisotopic (exact) mass is 426 g/mol. The maximum atomic E-state index is 14.4. The second-order valence-corrected chi connectivity index (χ2v) is 7.17. The van der Waals surface area contributed by atoms with Gasteiger partial charge >= 0.3 is 6.36 Å². The summed E-state index contributed by atoms with van der Waals surface area (Å²) < 4.78 is 84.2. The largest absolute Gasteiger partial charge is 0.522 e. The van der Waals surface area contributed by atoms with E-state index >= 15 is 0 Å². The lowest BCUT2D eigenvalue weighted by molar-refractivity contribution is -0.323. The number of fused-ring (bicyclic) bond motifs is 1. The Kier molecular flexibility index (Phi) is 4.93. The summed E-state index contributed by atoms with van der Waals surface area (Å²) >= 11 is 0.621. The number of benzene rings is 1. The standard InChI is InChI=1S/C15H11F5N2O5S/c16-9-7(13-24-1-2-25-13)3-8-11(10(9)17)27-21-12(8)22-4-6(28-14(22)23)5-26-15(18,19)20/h3,6,13H,1-2,4-5H2/t6-/m1/s1. The lowest BCUT2D eigenvalue weighted by Crippen LogP contribution is -2.28. The molecule has 0 N–H and O–H groups in total. The first kappa shape index (κ1) is 19.4. The average molecular weight is 426 g/mol. The van der Waals surface area contributed by atoms with E-state index in [1.807, 2.05) is 0 Å². The van der Waals surface area contributed by atoms with E-state index in [-0.39, 0.29) is 36.5 Å². The summed E-state index contributed by atoms with van der Waals surface area (Å²) in [5.41, 5.74) is -0.759. The molecule has 2 aliphatic rings. The highest BCUT2D eigenvalue weighted by Crippen LogP contribution is 2.39. The molecular formula is C15H11F5N2O5S. The van der Waals surface area contributed by atoms with E-state index in [4.69, 9.17) is 14.0 Å². The Balaban J connectivity index is 1.64. The van der Waals surface area contributed by atoms with E-state index in [1.54, 1.807) is 0 Å². The Morgan fingerprint density at radius 1 is 1.25 bits per heavy atom. The number of carbonyl (C=O) groups is 1. The highest BCUT2D eigenvalue weighted by atomic mass is 32.2. The van der Waals surface area contributed by atoms with Gasteiger partial charge in [0.1, 0.15) is 0 Å². The van der Waals surface area contributed by atoms with Gasteiger partial charge in [-0.15, -0.1) is 13.2 Å². The minimum Gasteiger partial charge on any atom is -0.351 e. The van der Waals surface area contributed by atoms with Crippen LogP contribution >= 0.6 is 11.8 Å². The van der Waals surface area contributed by atoms with Crippen LogP contribution in [0.25, 0.3) is 11.0 Å². The molecule has 4 rings (SSSR count). The molecule has 0 saturated carbocycles. The Labute approximate surface area is 157 Å². The van der Waals surface area contributed by atoms with Crippen LogP contribution in [0.2, 0.25) is 0 Å². The molecule has 152 valence electrons. The Bertz CT molecular complexity index is 914. The molecule has 1 aromatic carbocycles. The van der Waals surface area contributed by atoms with Crippen molar-refractivity contribution in [3.63, 3.8) is 0 Å². The van der Waals surface area contributed by atoms with Gasteiger partial charge in [0.05, 0.1) is 30.5 Å². The molecule has 2 fully saturated rings. The molecule has 13 heteroatoms. The van der Waals surface area contributed by atoms with E-state index in [0.29, 0.717) is 11.8 Å². The van der Waals surface area contributed by atoms with Crippen LogP contribution in [0, 0.1) is 11.6 Å². The smallest absolute Gasteiger partial charge is 0.351 e. The first-order valence-electron chi connectivity index (χ1n) is 7.94. The van der Waals surface area contributed by atoms with Gasteiger partial charge in [-0.25, -0.2) is 4.39 Å². The molecule has 3 heterocycles. The molecule has 2 aliphatic heterocycles. The molecule has 0 bridgehead atoms. The van der Waals surface area contributed by atoms with Crippen LogP contribution in [0.15, 0.2) is 10.6 Å². The first-order chi connectivity index (χ1) is 13.2. The topological polar surface area (TPSA) is 74.0 Å². The van der Waals surface area contributed by atoms with Crippen LogP contribution in [0.3, 0.4) is 0 Å². The molecule has 2 aromatic rings. The zero-order valence-corrected chi connectivity index (χ0v) is 14.6. The van der Waals surface area contributed by atoms with Gasteiger partial charge < -0.3 is 14.0 Å². The third-order valence-corrected chi connectivity index (χ3v) is 5.13. The van der Waals surface area contributed by atoms with Crippen LogP contribution in [0.4, 0.5) is 32.6 Å². The fourth-order valence-corrected chi connectivity index (χ4v) is 3.83. The van der Waals surface area contributed by atoms with Gasteiger partial charge in [0.15, 0.2) is 17.9 Å². The van der Waals surface area contributed by atoms with Gasteiger partial charge in [0.25, 0.3) is 5.24 Å². The summed E-state index contributed by atoms with van der Waals surface area (Å²) in [6.45, 7) is -0.527. The van der Waals surface area contributed by atoms with E-state index in [0.717, 1.165) is 4.90 Å². The van der Waals surface area contributed by atoms with Gasteiger partial charge in [-0.3, -0.25) is 14.4 Å². The number of ether oxygens (including phenoxy) is 3. The van der Waals surface area contributed by atoms with Gasteiger partial charge in [0, 0.05) is 12.1 Å². The van der Waals surface area contributed by atoms with Crippen LogP contribution in [-0.2, 0) is 14.2 Å². The number of hydrogen-bond acceptors (Lipinski definition) is 7. The second kappa shape index (κ2) is 7.13. The zero-order chi connectivity index (χ0) is 20.1. The second-order valence-electron chi connectivity index (χ2n) is 5.92. The summed E-state index contributed by atoms with van der Waals surface area (Å²) in [4.78, 5) is 13.2. The number of alkyl halides is 3. The number of thioether (sulfide) groups is 1. The molecule has 2 saturated heterocycles. The highest BCUT2D eigenvalue weighted by molar-refractivity contribution is 8.14. The number of anilines is 1. The van der Waals surface area contributed by atoms with E-state index < -0.39 is 47.0 Å². The van der Waals surface area contributed by atoms with Gasteiger partial charge in [-0.2, -0.15) is 4.39 Å². The molecule has 1 amide bonds. The van der Waals surface area contributed by atoms with Crippen molar-refractivity contribution in [1.29, 1.82) is 0 Å². The molecular weight excluding hydrogens is 415 g/mol. The molecule has 0 radical (unpaired) electrons. The number of halogens is 5. The Hall–Kier alpha value is -1.96. The number of carbonyl (C=O) groups excluding carboxylic acids is 1. The van der Waals surface area contributed by atoms with Crippen molar-refractivity contribution < 1.29 is 45.5 Å². The van der Waals surface area contributed by atoms with Crippen molar-refractivity contribution >= 4 is 33.8 Å². The van der Waals surface area contributed by atoms with Gasteiger partial charge in [0.2, 0.25) is 11.4 Å². The summed E-state index contributed by atoms with van der Waals surface area (Å²) in [6, 6.07) is 1.19. The van der Waals surface area contributed by atoms with Crippen LogP contribution in [0.5, 0.6) is 0 Å². The number of rotatable bonds is 4. The van der Waals surface area contributed by atoms with Crippen LogP contribution < -0.4 is 4.90 Å². The highest BCUT2D eigenvalue weighted by Gasteiger charge is 2.39. The predicted octanol–water partition coefficient (Wildman–Crippen LogP) is 3.73. The summed E-state index contributed by atoms with van der Waals surface area (Å²) in [5, 5.41) is 2.13. The number of nitrogens with zero attached hydrogens (tertiary/aromatic N) is 2. The third kappa shape index (κ3) is 3.54. The lowest BCUT2D eigenvalue weighted by atomic mass is 10.1. The SMILES string of the molecule is O=C1S[C@@H](COC(F)(F)F)CN1c1noc2c(F)c(F)c(C3OCCO3)cc12. The number of amides is 1. The number of aromatic nitrogens is 1. The van der Waals surface area contributed by atoms with Crippen LogP contribution in [0.1, 0.15) is 11.9 Å². The van der Waals surface area contributed by atoms with Crippen molar-refractivity contribution in [1.82, 2.24) is 5.16 Å². The van der Waals surface area contributed by atoms with E-state index in [2.05, 4.69) is 9.89 Å². The summed E-state index contributed by atoms with van der Waals surface area (Å²) in [5.74, 6) is -2.71. The summed E-state index contributed by atoms with van der Waals surface area (Å²) in [6.07, 6.45) is -5.95. The minimum atomic E-state index is -4.82. The third-order valence-electron chi connectivity index (χ3n) is 4.09. The Morgan fingerprint density at radius 3 is 2.64 bits per heavy atom. The molecule has 7 nitrogen and oxygen atoms in total. The summed E-state index contributed by atoms with van der Waals surface area (Å²) in [7, 11) is 0. The lowest BCUT2D eigenvalue weighted by Gasteiger charge is -2.14. The molecule has 28 heavy (non-hydrogen) atoms. The van der Waals surface area contributed by atoms with Crippen LogP contribution in [-0.4, -0.2) is 48.4 Å². The first-order valence-corrected chi connectivity index (χ1v) is 8.82. The van der Waals surface area contributed by atoms with Crippen molar-refractivity contribution in [3.05, 3.63) is 23.3 Å². The molecule has 0 aliphatic carbocycles. The molecule has 1 atom stereocenters. The van der Waals surface area contributed by atoms with Crippen molar-refractivity contribution in [2.24, 2.45) is 0 Å². The predicted molar refractivity (Wildman–Crippen MR) is 84.7 cm³/mol.